The lowest BCUT2D eigenvalue weighted by atomic mass is 9.87. The van der Waals surface area contributed by atoms with Crippen molar-refractivity contribution in [3.8, 4) is 0 Å². The number of aryl methyl sites for hydroxylation is 1. The molecule has 1 saturated carbocycles. The molecule has 4 nitrogen and oxygen atoms in total. The van der Waals surface area contributed by atoms with Gasteiger partial charge >= 0.3 is 0 Å². The molecule has 1 aliphatic carbocycles. The Morgan fingerprint density at radius 1 is 1.00 bits per heavy atom. The number of carbonyl (C=O) groups is 2. The molecule has 158 valence electrons. The Kier molecular flexibility index (Phi) is 5.84. The van der Waals surface area contributed by atoms with Gasteiger partial charge in [0.2, 0.25) is 11.8 Å². The van der Waals surface area contributed by atoms with Crippen LogP contribution in [-0.4, -0.2) is 23.3 Å². The normalized spacial score (nSPS) is 21.4. The van der Waals surface area contributed by atoms with Crippen LogP contribution in [-0.2, 0) is 16.1 Å². The minimum atomic E-state index is -0.348. The zero-order chi connectivity index (χ0) is 21.3. The third-order valence-corrected chi connectivity index (χ3v) is 6.14. The molecule has 2 aromatic rings. The number of rotatable bonds is 5. The number of amides is 2. The molecule has 2 aliphatic rings. The first kappa shape index (κ1) is 20.5. The summed E-state index contributed by atoms with van der Waals surface area (Å²) in [5, 5.41) is 2.82. The second kappa shape index (κ2) is 8.54. The van der Waals surface area contributed by atoms with E-state index in [4.69, 9.17) is 0 Å². The first-order valence-electron chi connectivity index (χ1n) is 10.5. The molecule has 0 radical (unpaired) electrons. The second-order valence-corrected chi connectivity index (χ2v) is 8.37. The molecule has 2 atom stereocenters. The van der Waals surface area contributed by atoms with Crippen LogP contribution in [0.15, 0.2) is 42.5 Å². The summed E-state index contributed by atoms with van der Waals surface area (Å²) in [6.07, 6.45) is 3.03. The van der Waals surface area contributed by atoms with Crippen molar-refractivity contribution in [1.82, 2.24) is 10.2 Å². The number of halogens is 2. The third-order valence-electron chi connectivity index (χ3n) is 6.14. The predicted molar refractivity (Wildman–Crippen MR) is 109 cm³/mol. The van der Waals surface area contributed by atoms with E-state index in [2.05, 4.69) is 5.32 Å². The lowest BCUT2D eigenvalue weighted by molar-refractivity contribution is -0.140. The summed E-state index contributed by atoms with van der Waals surface area (Å²) in [5.74, 6) is -1.00. The molecule has 1 saturated heterocycles. The highest BCUT2D eigenvalue weighted by Gasteiger charge is 2.41. The lowest BCUT2D eigenvalue weighted by Gasteiger charge is -2.40. The van der Waals surface area contributed by atoms with E-state index in [9.17, 15) is 18.4 Å². The maximum Gasteiger partial charge on any atom is 0.226 e. The van der Waals surface area contributed by atoms with Gasteiger partial charge in [-0.3, -0.25) is 9.59 Å². The van der Waals surface area contributed by atoms with Gasteiger partial charge in [0.25, 0.3) is 0 Å². The van der Waals surface area contributed by atoms with Crippen LogP contribution < -0.4 is 5.32 Å². The van der Waals surface area contributed by atoms with Crippen LogP contribution in [0.4, 0.5) is 8.78 Å². The van der Waals surface area contributed by atoms with Gasteiger partial charge in [-0.05, 0) is 55.9 Å². The topological polar surface area (TPSA) is 49.4 Å². The van der Waals surface area contributed by atoms with Crippen molar-refractivity contribution in [2.75, 3.05) is 6.54 Å². The number of nitrogens with zero attached hydrogens (tertiary/aromatic N) is 1. The van der Waals surface area contributed by atoms with E-state index in [1.54, 1.807) is 42.2 Å². The van der Waals surface area contributed by atoms with E-state index in [0.29, 0.717) is 30.5 Å². The van der Waals surface area contributed by atoms with Gasteiger partial charge in [0, 0.05) is 24.6 Å². The van der Waals surface area contributed by atoms with Gasteiger partial charge in [0.05, 0.1) is 12.0 Å². The van der Waals surface area contributed by atoms with Crippen LogP contribution in [0.5, 0.6) is 0 Å². The van der Waals surface area contributed by atoms with E-state index in [-0.39, 0.29) is 47.9 Å². The first-order chi connectivity index (χ1) is 14.4. The molecule has 1 N–H and O–H groups in total. The molecule has 6 heteroatoms. The Labute approximate surface area is 175 Å². The molecule has 4 rings (SSSR count). The third kappa shape index (κ3) is 4.37. The van der Waals surface area contributed by atoms with Crippen LogP contribution >= 0.6 is 0 Å². The number of benzene rings is 2. The van der Waals surface area contributed by atoms with Gasteiger partial charge in [-0.25, -0.2) is 8.78 Å². The smallest absolute Gasteiger partial charge is 0.226 e. The molecule has 0 unspecified atom stereocenters. The van der Waals surface area contributed by atoms with Crippen LogP contribution in [0.1, 0.15) is 48.4 Å². The van der Waals surface area contributed by atoms with Crippen molar-refractivity contribution in [1.29, 1.82) is 0 Å². The minimum Gasteiger partial charge on any atom is -0.352 e. The van der Waals surface area contributed by atoms with Gasteiger partial charge in [0.1, 0.15) is 11.6 Å². The van der Waals surface area contributed by atoms with Gasteiger partial charge in [-0.1, -0.05) is 30.3 Å². The van der Waals surface area contributed by atoms with E-state index in [0.717, 1.165) is 18.4 Å². The fourth-order valence-electron chi connectivity index (χ4n) is 4.18. The summed E-state index contributed by atoms with van der Waals surface area (Å²) >= 11 is 0. The standard InChI is InChI=1S/C24H26F2N2O2/c1-15-12-17(8-10-20(15)25)22-11-9-19(14-28(22)24(30)16-6-7-16)23(29)27-13-18-4-2-3-5-21(18)26/h2-5,8,10,12,16,19,22H,6-7,9,11,13-14H2,1H3,(H,27,29)/t19-,22-/m0/s1. The number of likely N-dealkylation sites (tertiary alicyclic amines) is 1. The van der Waals surface area contributed by atoms with Gasteiger partial charge in [-0.2, -0.15) is 0 Å². The minimum absolute atomic E-state index is 0.0364. The van der Waals surface area contributed by atoms with Crippen molar-refractivity contribution < 1.29 is 18.4 Å². The largest absolute Gasteiger partial charge is 0.352 e. The molecular weight excluding hydrogens is 386 g/mol. The highest BCUT2D eigenvalue weighted by molar-refractivity contribution is 5.84. The molecule has 0 aromatic heterocycles. The van der Waals surface area contributed by atoms with Crippen molar-refractivity contribution >= 4 is 11.8 Å². The van der Waals surface area contributed by atoms with Crippen LogP contribution in [0.3, 0.4) is 0 Å². The van der Waals surface area contributed by atoms with Gasteiger partial charge in [-0.15, -0.1) is 0 Å². The number of hydrogen-bond acceptors (Lipinski definition) is 2. The number of piperidine rings is 1. The van der Waals surface area contributed by atoms with Gasteiger partial charge < -0.3 is 10.2 Å². The summed E-state index contributed by atoms with van der Waals surface area (Å²) in [5.41, 5.74) is 1.90. The van der Waals surface area contributed by atoms with Gasteiger partial charge in [0.15, 0.2) is 0 Å². The number of nitrogens with one attached hydrogen (secondary N) is 1. The molecule has 2 amide bonds. The average molecular weight is 412 g/mol. The predicted octanol–water partition coefficient (Wildman–Crippen LogP) is 4.28. The van der Waals surface area contributed by atoms with Crippen LogP contribution in [0.25, 0.3) is 0 Å². The number of hydrogen-bond donors (Lipinski definition) is 1. The maximum absolute atomic E-state index is 13.8. The highest BCUT2D eigenvalue weighted by Crippen LogP contribution is 2.39. The maximum atomic E-state index is 13.8. The Morgan fingerprint density at radius 2 is 1.73 bits per heavy atom. The second-order valence-electron chi connectivity index (χ2n) is 8.37. The highest BCUT2D eigenvalue weighted by atomic mass is 19.1. The SMILES string of the molecule is Cc1cc([C@@H]2CC[C@H](C(=O)NCc3ccccc3F)CN2C(=O)C2CC2)ccc1F. The van der Waals surface area contributed by atoms with Crippen molar-refractivity contribution in [3.05, 3.63) is 70.8 Å². The molecule has 1 heterocycles. The Bertz CT molecular complexity index is 958. The molecule has 1 aliphatic heterocycles. The monoisotopic (exact) mass is 412 g/mol. The first-order valence-corrected chi connectivity index (χ1v) is 10.5. The molecule has 2 aromatic carbocycles. The molecule has 2 fully saturated rings. The Balaban J connectivity index is 1.47. The summed E-state index contributed by atoms with van der Waals surface area (Å²) in [6.45, 7) is 2.17. The summed E-state index contributed by atoms with van der Waals surface area (Å²) in [7, 11) is 0. The Hall–Kier alpha value is -2.76. The summed E-state index contributed by atoms with van der Waals surface area (Å²) < 4.78 is 27.5. The van der Waals surface area contributed by atoms with E-state index < -0.39 is 0 Å². The van der Waals surface area contributed by atoms with E-state index in [1.807, 2.05) is 0 Å². The Morgan fingerprint density at radius 3 is 2.43 bits per heavy atom. The van der Waals surface area contributed by atoms with Crippen LogP contribution in [0, 0.1) is 30.4 Å². The summed E-state index contributed by atoms with van der Waals surface area (Å²) in [4.78, 5) is 27.5. The van der Waals surface area contributed by atoms with E-state index >= 15 is 0 Å². The molecule has 0 bridgehead atoms. The average Bonchev–Trinajstić information content (AvgIpc) is 3.59. The molecular formula is C24H26F2N2O2. The zero-order valence-corrected chi connectivity index (χ0v) is 17.0. The lowest BCUT2D eigenvalue weighted by Crippen LogP contribution is -2.47. The van der Waals surface area contributed by atoms with Crippen molar-refractivity contribution in [3.63, 3.8) is 0 Å². The van der Waals surface area contributed by atoms with Crippen molar-refractivity contribution in [2.45, 2.75) is 45.2 Å². The fraction of sp³-hybridized carbons (Fsp3) is 0.417. The quantitative estimate of drug-likeness (QED) is 0.797. The van der Waals surface area contributed by atoms with Crippen molar-refractivity contribution in [2.24, 2.45) is 11.8 Å². The molecule has 0 spiro atoms. The van der Waals surface area contributed by atoms with Crippen LogP contribution in [0.2, 0.25) is 0 Å². The van der Waals surface area contributed by atoms with E-state index in [1.165, 1.54) is 12.1 Å². The fourth-order valence-corrected chi connectivity index (χ4v) is 4.18. The number of carbonyl (C=O) groups excluding carboxylic acids is 2. The zero-order valence-electron chi connectivity index (χ0n) is 17.0. The molecule has 30 heavy (non-hydrogen) atoms. The summed E-state index contributed by atoms with van der Waals surface area (Å²) in [6, 6.07) is 11.2.